The molecule has 1 aromatic rings. The Hall–Kier alpha value is -1.02. The molecule has 0 atom stereocenters. The molecule has 0 spiro atoms. The van der Waals surface area contributed by atoms with E-state index in [1.807, 2.05) is 0 Å². The van der Waals surface area contributed by atoms with Crippen LogP contribution >= 0.6 is 0 Å². The molecule has 1 aliphatic rings. The van der Waals surface area contributed by atoms with E-state index in [0.29, 0.717) is 0 Å². The molecule has 0 bridgehead atoms. The summed E-state index contributed by atoms with van der Waals surface area (Å²) in [6, 6.07) is 2.22. The summed E-state index contributed by atoms with van der Waals surface area (Å²) >= 11 is 0. The van der Waals surface area contributed by atoms with Gasteiger partial charge in [0.15, 0.2) is 0 Å². The zero-order valence-corrected chi connectivity index (χ0v) is 11.6. The Labute approximate surface area is 111 Å². The van der Waals surface area contributed by atoms with E-state index in [2.05, 4.69) is 41.3 Å². The summed E-state index contributed by atoms with van der Waals surface area (Å²) in [4.78, 5) is 0. The largest absolute Gasteiger partial charge is 0.354 e. The van der Waals surface area contributed by atoms with Crippen LogP contribution in [0, 0.1) is 0 Å². The molecule has 2 heteroatoms. The van der Waals surface area contributed by atoms with Gasteiger partial charge in [-0.2, -0.15) is 0 Å². The fraction of sp³-hybridized carbons (Fsp3) is 0.625. The van der Waals surface area contributed by atoms with Gasteiger partial charge in [0.2, 0.25) is 0 Å². The van der Waals surface area contributed by atoms with Crippen LogP contribution in [-0.2, 0) is 13.1 Å². The third-order valence-electron chi connectivity index (χ3n) is 3.63. The minimum absolute atomic E-state index is 1.00. The lowest BCUT2D eigenvalue weighted by Crippen LogP contribution is -2.15. The van der Waals surface area contributed by atoms with Crippen molar-refractivity contribution in [3.8, 4) is 0 Å². The average molecular weight is 246 g/mol. The van der Waals surface area contributed by atoms with E-state index in [-0.39, 0.29) is 0 Å². The maximum absolute atomic E-state index is 3.55. The second-order valence-corrected chi connectivity index (χ2v) is 5.29. The van der Waals surface area contributed by atoms with E-state index in [1.54, 1.807) is 5.57 Å². The van der Waals surface area contributed by atoms with Crippen LogP contribution in [0.15, 0.2) is 30.1 Å². The lowest BCUT2D eigenvalue weighted by atomic mass is 9.97. The predicted octanol–water partition coefficient (Wildman–Crippen LogP) is 3.88. The molecular formula is C16H26N2. The highest BCUT2D eigenvalue weighted by atomic mass is 14.9. The number of aryl methyl sites for hydroxylation is 1. The third-order valence-corrected chi connectivity index (χ3v) is 3.63. The van der Waals surface area contributed by atoms with E-state index in [0.717, 1.165) is 19.6 Å². The summed E-state index contributed by atoms with van der Waals surface area (Å²) in [5.74, 6) is 0. The van der Waals surface area contributed by atoms with Gasteiger partial charge in [0.05, 0.1) is 0 Å². The Kier molecular flexibility index (Phi) is 5.53. The summed E-state index contributed by atoms with van der Waals surface area (Å²) in [5.41, 5.74) is 3.07. The van der Waals surface area contributed by atoms with E-state index in [4.69, 9.17) is 0 Å². The van der Waals surface area contributed by atoms with Crippen molar-refractivity contribution in [3.05, 3.63) is 35.7 Å². The van der Waals surface area contributed by atoms with Gasteiger partial charge in [0.1, 0.15) is 0 Å². The van der Waals surface area contributed by atoms with Crippen molar-refractivity contribution in [2.24, 2.45) is 0 Å². The van der Waals surface area contributed by atoms with Gasteiger partial charge >= 0.3 is 0 Å². The minimum Gasteiger partial charge on any atom is -0.354 e. The van der Waals surface area contributed by atoms with Gasteiger partial charge in [-0.3, -0.25) is 0 Å². The Morgan fingerprint density at radius 1 is 1.33 bits per heavy atom. The topological polar surface area (TPSA) is 17.0 Å². The molecule has 0 radical (unpaired) electrons. The lowest BCUT2D eigenvalue weighted by molar-refractivity contribution is 0.630. The van der Waals surface area contributed by atoms with E-state index in [1.165, 1.54) is 44.1 Å². The molecule has 0 aliphatic heterocycles. The summed E-state index contributed by atoms with van der Waals surface area (Å²) < 4.78 is 2.28. The van der Waals surface area contributed by atoms with Crippen molar-refractivity contribution in [1.29, 1.82) is 0 Å². The fourth-order valence-electron chi connectivity index (χ4n) is 2.61. The van der Waals surface area contributed by atoms with Crippen LogP contribution in [0.1, 0.15) is 51.0 Å². The van der Waals surface area contributed by atoms with Gasteiger partial charge in [0.25, 0.3) is 0 Å². The first-order valence-corrected chi connectivity index (χ1v) is 7.42. The van der Waals surface area contributed by atoms with Crippen LogP contribution in [0.5, 0.6) is 0 Å². The second kappa shape index (κ2) is 7.42. The smallest absolute Gasteiger partial charge is 0.0220 e. The molecule has 0 fully saturated rings. The molecule has 18 heavy (non-hydrogen) atoms. The molecule has 1 N–H and O–H groups in total. The first kappa shape index (κ1) is 13.4. The third kappa shape index (κ3) is 4.34. The molecule has 2 rings (SSSR count). The van der Waals surface area contributed by atoms with E-state index in [9.17, 15) is 0 Å². The van der Waals surface area contributed by atoms with Crippen LogP contribution in [-0.4, -0.2) is 11.1 Å². The number of nitrogens with zero attached hydrogens (tertiary/aromatic N) is 1. The fourth-order valence-corrected chi connectivity index (χ4v) is 2.61. The van der Waals surface area contributed by atoms with Crippen LogP contribution in [0.25, 0.3) is 0 Å². The normalized spacial score (nSPS) is 15.7. The van der Waals surface area contributed by atoms with Crippen molar-refractivity contribution in [2.75, 3.05) is 6.54 Å². The highest BCUT2D eigenvalue weighted by Crippen LogP contribution is 2.19. The predicted molar refractivity (Wildman–Crippen MR) is 77.6 cm³/mol. The molecule has 0 amide bonds. The molecule has 0 saturated carbocycles. The molecule has 2 nitrogen and oxygen atoms in total. The summed E-state index contributed by atoms with van der Waals surface area (Å²) in [5, 5.41) is 3.55. The molecule has 1 aliphatic carbocycles. The molecule has 1 aromatic heterocycles. The number of rotatable bonds is 7. The van der Waals surface area contributed by atoms with Gasteiger partial charge in [-0.15, -0.1) is 0 Å². The Balaban J connectivity index is 1.63. The van der Waals surface area contributed by atoms with Crippen LogP contribution in [0.2, 0.25) is 0 Å². The van der Waals surface area contributed by atoms with Gasteiger partial charge in [0, 0.05) is 25.5 Å². The molecule has 0 saturated heterocycles. The average Bonchev–Trinajstić information content (AvgIpc) is 2.84. The maximum atomic E-state index is 3.55. The highest BCUT2D eigenvalue weighted by Gasteiger charge is 2.03. The molecule has 0 unspecified atom stereocenters. The first-order chi connectivity index (χ1) is 8.88. The number of aromatic nitrogens is 1. The first-order valence-electron chi connectivity index (χ1n) is 7.42. The van der Waals surface area contributed by atoms with Crippen LogP contribution < -0.4 is 5.32 Å². The Morgan fingerprint density at radius 3 is 3.06 bits per heavy atom. The van der Waals surface area contributed by atoms with Crippen molar-refractivity contribution in [2.45, 2.75) is 58.5 Å². The number of nitrogens with one attached hydrogen (secondary N) is 1. The van der Waals surface area contributed by atoms with Crippen molar-refractivity contribution in [3.63, 3.8) is 0 Å². The van der Waals surface area contributed by atoms with Crippen molar-refractivity contribution in [1.82, 2.24) is 9.88 Å². The van der Waals surface area contributed by atoms with Crippen LogP contribution in [0.4, 0.5) is 0 Å². The Bertz CT molecular complexity index is 376. The summed E-state index contributed by atoms with van der Waals surface area (Å²) in [7, 11) is 0. The molecular weight excluding hydrogens is 220 g/mol. The van der Waals surface area contributed by atoms with Crippen molar-refractivity contribution < 1.29 is 0 Å². The summed E-state index contributed by atoms with van der Waals surface area (Å²) in [6.45, 7) is 5.47. The number of hydrogen-bond acceptors (Lipinski definition) is 1. The van der Waals surface area contributed by atoms with E-state index < -0.39 is 0 Å². The maximum Gasteiger partial charge on any atom is 0.0220 e. The van der Waals surface area contributed by atoms with Crippen LogP contribution in [0.3, 0.4) is 0 Å². The monoisotopic (exact) mass is 246 g/mol. The molecule has 0 aromatic carbocycles. The quantitative estimate of drug-likeness (QED) is 0.570. The second-order valence-electron chi connectivity index (χ2n) is 5.29. The number of hydrogen-bond donors (Lipinski definition) is 1. The van der Waals surface area contributed by atoms with Gasteiger partial charge in [-0.25, -0.2) is 0 Å². The molecule has 100 valence electrons. The van der Waals surface area contributed by atoms with Gasteiger partial charge in [-0.05, 0) is 56.7 Å². The zero-order valence-electron chi connectivity index (χ0n) is 11.6. The van der Waals surface area contributed by atoms with Crippen molar-refractivity contribution >= 4 is 0 Å². The van der Waals surface area contributed by atoms with Gasteiger partial charge in [-0.1, -0.05) is 18.6 Å². The standard InChI is InChI=1S/C16H26N2/c1-2-11-18-12-9-16(14-18)13-17-10-8-15-6-4-3-5-7-15/h6,9,12,14,17H,2-5,7-8,10-11,13H2,1H3. The molecule has 1 heterocycles. The zero-order chi connectivity index (χ0) is 12.6. The SMILES string of the molecule is CCCn1ccc(CNCCC2=CCCCC2)c1. The lowest BCUT2D eigenvalue weighted by Gasteiger charge is -2.12. The summed E-state index contributed by atoms with van der Waals surface area (Å²) in [6.07, 6.45) is 14.7. The van der Waals surface area contributed by atoms with Gasteiger partial charge < -0.3 is 9.88 Å². The number of allylic oxidation sites excluding steroid dienone is 1. The Morgan fingerprint density at radius 2 is 2.28 bits per heavy atom. The van der Waals surface area contributed by atoms with E-state index >= 15 is 0 Å². The minimum atomic E-state index is 1.00. The highest BCUT2D eigenvalue weighted by molar-refractivity contribution is 5.10.